The molecular formula is C13H24N4O. The molecule has 5 heteroatoms. The minimum Gasteiger partial charge on any atom is -0.387 e. The van der Waals surface area contributed by atoms with Crippen LogP contribution < -0.4 is 5.73 Å². The first-order valence-electron chi connectivity index (χ1n) is 6.95. The highest BCUT2D eigenvalue weighted by molar-refractivity contribution is 5.80. The van der Waals surface area contributed by atoms with E-state index < -0.39 is 0 Å². The number of amidine groups is 1. The van der Waals surface area contributed by atoms with E-state index >= 15 is 0 Å². The SMILES string of the molecule is CC1CCN(C(=O)N2CCC(C(=N)N)CC2)CC1. The van der Waals surface area contributed by atoms with Gasteiger partial charge in [0.25, 0.3) is 0 Å². The number of carbonyl (C=O) groups is 1. The minimum absolute atomic E-state index is 0.176. The van der Waals surface area contributed by atoms with Crippen molar-refractivity contribution in [2.24, 2.45) is 17.6 Å². The molecule has 0 aliphatic carbocycles. The van der Waals surface area contributed by atoms with Gasteiger partial charge in [-0.2, -0.15) is 0 Å². The Balaban J connectivity index is 1.82. The van der Waals surface area contributed by atoms with Gasteiger partial charge in [-0.15, -0.1) is 0 Å². The number of nitrogens with one attached hydrogen (secondary N) is 1. The van der Waals surface area contributed by atoms with Gasteiger partial charge in [0.05, 0.1) is 5.84 Å². The van der Waals surface area contributed by atoms with Gasteiger partial charge < -0.3 is 15.5 Å². The average molecular weight is 252 g/mol. The van der Waals surface area contributed by atoms with Crippen LogP contribution in [0.15, 0.2) is 0 Å². The Kier molecular flexibility index (Phi) is 4.09. The molecular weight excluding hydrogens is 228 g/mol. The smallest absolute Gasteiger partial charge is 0.319 e. The highest BCUT2D eigenvalue weighted by atomic mass is 16.2. The predicted octanol–water partition coefficient (Wildman–Crippen LogP) is 1.49. The van der Waals surface area contributed by atoms with E-state index in [0.29, 0.717) is 0 Å². The second kappa shape index (κ2) is 5.59. The molecule has 0 spiro atoms. The molecule has 0 atom stereocenters. The molecule has 2 amide bonds. The van der Waals surface area contributed by atoms with Crippen LogP contribution in [0.1, 0.15) is 32.6 Å². The van der Waals surface area contributed by atoms with E-state index in [-0.39, 0.29) is 17.8 Å². The highest BCUT2D eigenvalue weighted by Crippen LogP contribution is 2.21. The van der Waals surface area contributed by atoms with E-state index in [0.717, 1.165) is 57.8 Å². The van der Waals surface area contributed by atoms with Gasteiger partial charge in [-0.25, -0.2) is 4.79 Å². The van der Waals surface area contributed by atoms with E-state index in [9.17, 15) is 4.79 Å². The molecule has 3 N–H and O–H groups in total. The molecule has 0 aromatic rings. The van der Waals surface area contributed by atoms with E-state index in [1.807, 2.05) is 9.80 Å². The van der Waals surface area contributed by atoms with Crippen molar-refractivity contribution in [3.05, 3.63) is 0 Å². The fraction of sp³-hybridized carbons (Fsp3) is 0.846. The summed E-state index contributed by atoms with van der Waals surface area (Å²) in [6.07, 6.45) is 3.92. The van der Waals surface area contributed by atoms with Gasteiger partial charge in [-0.3, -0.25) is 5.41 Å². The lowest BCUT2D eigenvalue weighted by atomic mass is 9.96. The quantitative estimate of drug-likeness (QED) is 0.548. The Morgan fingerprint density at radius 2 is 1.50 bits per heavy atom. The minimum atomic E-state index is 0.176. The van der Waals surface area contributed by atoms with Gasteiger partial charge in [0, 0.05) is 32.1 Å². The number of hydrogen-bond acceptors (Lipinski definition) is 2. The van der Waals surface area contributed by atoms with Crippen LogP contribution >= 0.6 is 0 Å². The first kappa shape index (κ1) is 13.2. The summed E-state index contributed by atoms with van der Waals surface area (Å²) in [5.41, 5.74) is 5.52. The third kappa shape index (κ3) is 2.94. The van der Waals surface area contributed by atoms with Crippen molar-refractivity contribution in [1.82, 2.24) is 9.80 Å². The summed E-state index contributed by atoms with van der Waals surface area (Å²) in [6, 6.07) is 0.184. The third-order valence-corrected chi connectivity index (χ3v) is 4.26. The summed E-state index contributed by atoms with van der Waals surface area (Å²) in [4.78, 5) is 16.2. The third-order valence-electron chi connectivity index (χ3n) is 4.26. The molecule has 2 heterocycles. The van der Waals surface area contributed by atoms with Crippen LogP contribution in [0.4, 0.5) is 4.79 Å². The fourth-order valence-electron chi connectivity index (χ4n) is 2.78. The molecule has 0 aromatic carbocycles. The normalized spacial score (nSPS) is 23.2. The van der Waals surface area contributed by atoms with E-state index in [4.69, 9.17) is 11.1 Å². The van der Waals surface area contributed by atoms with Crippen molar-refractivity contribution < 1.29 is 4.79 Å². The van der Waals surface area contributed by atoms with Crippen molar-refractivity contribution in [2.75, 3.05) is 26.2 Å². The van der Waals surface area contributed by atoms with E-state index in [1.54, 1.807) is 0 Å². The van der Waals surface area contributed by atoms with E-state index in [1.165, 1.54) is 0 Å². The molecule has 0 unspecified atom stereocenters. The fourth-order valence-corrected chi connectivity index (χ4v) is 2.78. The van der Waals surface area contributed by atoms with Crippen LogP contribution in [0.25, 0.3) is 0 Å². The second-order valence-electron chi connectivity index (χ2n) is 5.67. The maximum Gasteiger partial charge on any atom is 0.319 e. The topological polar surface area (TPSA) is 73.4 Å². The number of rotatable bonds is 1. The lowest BCUT2D eigenvalue weighted by Gasteiger charge is -2.38. The first-order chi connectivity index (χ1) is 8.58. The van der Waals surface area contributed by atoms with Gasteiger partial charge in [0.2, 0.25) is 0 Å². The molecule has 0 aromatic heterocycles. The van der Waals surface area contributed by atoms with Crippen LogP contribution in [-0.2, 0) is 0 Å². The monoisotopic (exact) mass is 252 g/mol. The summed E-state index contributed by atoms with van der Waals surface area (Å²) in [5.74, 6) is 1.20. The number of nitrogens with two attached hydrogens (primary N) is 1. The van der Waals surface area contributed by atoms with Gasteiger partial charge in [0.15, 0.2) is 0 Å². The zero-order valence-electron chi connectivity index (χ0n) is 11.2. The number of carbonyl (C=O) groups excluding carboxylic acids is 1. The molecule has 2 saturated heterocycles. The summed E-state index contributed by atoms with van der Waals surface area (Å²) >= 11 is 0. The molecule has 5 nitrogen and oxygen atoms in total. The summed E-state index contributed by atoms with van der Waals surface area (Å²) in [5, 5.41) is 7.44. The molecule has 2 rings (SSSR count). The van der Waals surface area contributed by atoms with Gasteiger partial charge >= 0.3 is 6.03 Å². The average Bonchev–Trinajstić information content (AvgIpc) is 2.39. The van der Waals surface area contributed by atoms with Crippen molar-refractivity contribution >= 4 is 11.9 Å². The Labute approximate surface area is 109 Å². The van der Waals surface area contributed by atoms with Crippen LogP contribution in [0.5, 0.6) is 0 Å². The molecule has 0 radical (unpaired) electrons. The van der Waals surface area contributed by atoms with Crippen LogP contribution in [0, 0.1) is 17.2 Å². The molecule has 0 saturated carbocycles. The Morgan fingerprint density at radius 1 is 1.06 bits per heavy atom. The zero-order chi connectivity index (χ0) is 13.1. The van der Waals surface area contributed by atoms with Gasteiger partial charge in [-0.05, 0) is 31.6 Å². The number of nitrogens with zero attached hydrogens (tertiary/aromatic N) is 2. The molecule has 2 aliphatic rings. The van der Waals surface area contributed by atoms with Crippen LogP contribution in [0.2, 0.25) is 0 Å². The van der Waals surface area contributed by atoms with Crippen LogP contribution in [0.3, 0.4) is 0 Å². The number of likely N-dealkylation sites (tertiary alicyclic amines) is 2. The molecule has 2 aliphatic heterocycles. The second-order valence-corrected chi connectivity index (χ2v) is 5.67. The van der Waals surface area contributed by atoms with E-state index in [2.05, 4.69) is 6.92 Å². The molecule has 102 valence electrons. The molecule has 18 heavy (non-hydrogen) atoms. The largest absolute Gasteiger partial charge is 0.387 e. The number of hydrogen-bond donors (Lipinski definition) is 2. The Hall–Kier alpha value is -1.26. The molecule has 2 fully saturated rings. The van der Waals surface area contributed by atoms with Crippen LogP contribution in [-0.4, -0.2) is 47.8 Å². The van der Waals surface area contributed by atoms with Crippen molar-refractivity contribution in [3.63, 3.8) is 0 Å². The maximum atomic E-state index is 12.3. The summed E-state index contributed by atoms with van der Waals surface area (Å²) in [6.45, 7) is 5.53. The predicted molar refractivity (Wildman–Crippen MR) is 71.6 cm³/mol. The van der Waals surface area contributed by atoms with Crippen molar-refractivity contribution in [3.8, 4) is 0 Å². The Morgan fingerprint density at radius 3 is 1.94 bits per heavy atom. The van der Waals surface area contributed by atoms with Gasteiger partial charge in [0.1, 0.15) is 0 Å². The number of amides is 2. The highest BCUT2D eigenvalue weighted by Gasteiger charge is 2.28. The van der Waals surface area contributed by atoms with Crippen molar-refractivity contribution in [1.29, 1.82) is 5.41 Å². The van der Waals surface area contributed by atoms with Crippen molar-refractivity contribution in [2.45, 2.75) is 32.6 Å². The standard InChI is InChI=1S/C13H24N4O/c1-10-2-6-16(7-3-10)13(18)17-8-4-11(5-9-17)12(14)15/h10-11H,2-9H2,1H3,(H3,14,15). The number of piperidine rings is 2. The summed E-state index contributed by atoms with van der Waals surface area (Å²) in [7, 11) is 0. The molecule has 0 bridgehead atoms. The lowest BCUT2D eigenvalue weighted by molar-refractivity contribution is 0.123. The summed E-state index contributed by atoms with van der Waals surface area (Å²) < 4.78 is 0. The maximum absolute atomic E-state index is 12.3. The zero-order valence-corrected chi connectivity index (χ0v) is 11.2. The van der Waals surface area contributed by atoms with Gasteiger partial charge in [-0.1, -0.05) is 6.92 Å². The first-order valence-corrected chi connectivity index (χ1v) is 6.95. The lowest BCUT2D eigenvalue weighted by Crippen LogP contribution is -2.50. The Bertz CT molecular complexity index is 315. The number of urea groups is 1.